The van der Waals surface area contributed by atoms with Crippen LogP contribution in [0.4, 0.5) is 0 Å². The van der Waals surface area contributed by atoms with Crippen molar-refractivity contribution in [3.05, 3.63) is 75.9 Å². The Hall–Kier alpha value is -2.35. The molecule has 0 aliphatic rings. The Morgan fingerprint density at radius 3 is 2.42 bits per heavy atom. The maximum absolute atomic E-state index is 11.6. The van der Waals surface area contributed by atoms with Gasteiger partial charge in [0.25, 0.3) is 0 Å². The molecule has 2 heteroatoms. The quantitative estimate of drug-likeness (QED) is 0.234. The lowest BCUT2D eigenvalue weighted by molar-refractivity contribution is -0.137. The van der Waals surface area contributed by atoms with Crippen molar-refractivity contribution in [3.8, 4) is 0 Å². The Bertz CT molecular complexity index is 731. The molecule has 1 aromatic rings. The zero-order chi connectivity index (χ0) is 19.5. The zero-order valence-corrected chi connectivity index (χ0v) is 17.1. The van der Waals surface area contributed by atoms with E-state index in [1.165, 1.54) is 28.3 Å². The summed E-state index contributed by atoms with van der Waals surface area (Å²) in [7, 11) is 0. The highest BCUT2D eigenvalue weighted by molar-refractivity contribution is 5.83. The highest BCUT2D eigenvalue weighted by Gasteiger charge is 2.01. The van der Waals surface area contributed by atoms with Crippen molar-refractivity contribution in [3.63, 3.8) is 0 Å². The average molecular weight is 353 g/mol. The zero-order valence-electron chi connectivity index (χ0n) is 17.1. The summed E-state index contributed by atoms with van der Waals surface area (Å²) in [6.07, 6.45) is 13.7. The summed E-state index contributed by atoms with van der Waals surface area (Å²) in [4.78, 5) is 11.6. The fraction of sp³-hybridized carbons (Fsp3) is 0.375. The molecule has 0 saturated carbocycles. The van der Waals surface area contributed by atoms with E-state index >= 15 is 0 Å². The van der Waals surface area contributed by atoms with Gasteiger partial charge in [-0.25, -0.2) is 4.79 Å². The normalized spacial score (nSPS) is 13.0. The fourth-order valence-corrected chi connectivity index (χ4v) is 2.44. The van der Waals surface area contributed by atoms with Gasteiger partial charge in [0, 0.05) is 6.08 Å². The summed E-state index contributed by atoms with van der Waals surface area (Å²) >= 11 is 0. The number of carbonyl (C=O) groups excluding carboxylic acids is 1. The molecule has 0 N–H and O–H groups in total. The summed E-state index contributed by atoms with van der Waals surface area (Å²) < 4.78 is 5.12. The van der Waals surface area contributed by atoms with Crippen molar-refractivity contribution in [2.45, 2.75) is 54.4 Å². The molecule has 140 valence electrons. The van der Waals surface area contributed by atoms with Crippen LogP contribution >= 0.6 is 0 Å². The smallest absolute Gasteiger partial charge is 0.331 e. The van der Waals surface area contributed by atoms with Crippen LogP contribution in [0.25, 0.3) is 6.08 Å². The predicted molar refractivity (Wildman–Crippen MR) is 112 cm³/mol. The van der Waals surface area contributed by atoms with Gasteiger partial charge in [0.05, 0.1) is 6.61 Å². The first-order valence-electron chi connectivity index (χ1n) is 9.30. The summed E-state index contributed by atoms with van der Waals surface area (Å²) in [6.45, 7) is 13.0. The van der Waals surface area contributed by atoms with E-state index in [0.717, 1.165) is 24.0 Å². The first-order chi connectivity index (χ1) is 12.3. The molecular formula is C24H32O2. The molecule has 0 aliphatic heterocycles. The van der Waals surface area contributed by atoms with Crippen LogP contribution in [-0.2, 0) is 9.53 Å². The van der Waals surface area contributed by atoms with Crippen molar-refractivity contribution in [2.24, 2.45) is 0 Å². The lowest BCUT2D eigenvalue weighted by atomic mass is 9.97. The summed E-state index contributed by atoms with van der Waals surface area (Å²) in [5, 5.41) is 0. The molecule has 0 spiro atoms. The Morgan fingerprint density at radius 2 is 1.73 bits per heavy atom. The maximum Gasteiger partial charge on any atom is 0.331 e. The molecule has 0 aliphatic carbocycles. The third kappa shape index (κ3) is 7.69. The molecule has 0 fully saturated rings. The molecule has 2 nitrogen and oxygen atoms in total. The number of carbonyl (C=O) groups is 1. The van der Waals surface area contributed by atoms with Gasteiger partial charge >= 0.3 is 5.97 Å². The Morgan fingerprint density at radius 1 is 1.04 bits per heavy atom. The van der Waals surface area contributed by atoms with Crippen LogP contribution in [-0.4, -0.2) is 12.6 Å². The van der Waals surface area contributed by atoms with Gasteiger partial charge in [0.1, 0.15) is 0 Å². The largest absolute Gasteiger partial charge is 0.463 e. The van der Waals surface area contributed by atoms with Crippen LogP contribution in [0.3, 0.4) is 0 Å². The number of esters is 1. The van der Waals surface area contributed by atoms with E-state index in [1.54, 1.807) is 0 Å². The lowest BCUT2D eigenvalue weighted by Gasteiger charge is -2.08. The van der Waals surface area contributed by atoms with E-state index in [4.69, 9.17) is 4.74 Å². The second kappa shape index (κ2) is 11.3. The van der Waals surface area contributed by atoms with Crippen molar-refractivity contribution < 1.29 is 9.53 Å². The Balaban J connectivity index is 2.69. The average Bonchev–Trinajstić information content (AvgIpc) is 2.58. The molecular weight excluding hydrogens is 320 g/mol. The van der Waals surface area contributed by atoms with Gasteiger partial charge < -0.3 is 4.74 Å². The van der Waals surface area contributed by atoms with Crippen LogP contribution in [0, 0.1) is 20.8 Å². The number of hydrogen-bond acceptors (Lipinski definition) is 2. The molecule has 1 rings (SSSR count). The van der Waals surface area contributed by atoms with Crippen LogP contribution in [0.1, 0.15) is 55.9 Å². The van der Waals surface area contributed by atoms with Crippen molar-refractivity contribution >= 4 is 12.0 Å². The molecule has 0 saturated heterocycles. The number of ether oxygens (including phenoxy) is 1. The number of unbranched alkanes of at least 4 members (excludes halogenated alkanes) is 1. The van der Waals surface area contributed by atoms with E-state index in [9.17, 15) is 4.79 Å². The molecule has 0 aromatic heterocycles. The van der Waals surface area contributed by atoms with E-state index < -0.39 is 0 Å². The molecule has 0 heterocycles. The summed E-state index contributed by atoms with van der Waals surface area (Å²) in [6, 6.07) is 4.32. The first kappa shape index (κ1) is 21.7. The highest BCUT2D eigenvalue weighted by atomic mass is 16.5. The van der Waals surface area contributed by atoms with E-state index in [0.29, 0.717) is 6.61 Å². The third-order valence-electron chi connectivity index (χ3n) is 4.32. The van der Waals surface area contributed by atoms with Gasteiger partial charge in [-0.1, -0.05) is 61.4 Å². The molecule has 0 amide bonds. The first-order valence-corrected chi connectivity index (χ1v) is 9.30. The van der Waals surface area contributed by atoms with Gasteiger partial charge in [-0.3, -0.25) is 0 Å². The van der Waals surface area contributed by atoms with E-state index in [1.807, 2.05) is 25.2 Å². The van der Waals surface area contributed by atoms with Crippen LogP contribution in [0.5, 0.6) is 0 Å². The third-order valence-corrected chi connectivity index (χ3v) is 4.32. The predicted octanol–water partition coefficient (Wildman–Crippen LogP) is 6.42. The molecule has 0 unspecified atom stereocenters. The Kier molecular flexibility index (Phi) is 9.43. The Labute approximate surface area is 159 Å². The van der Waals surface area contributed by atoms with E-state index in [-0.39, 0.29) is 5.97 Å². The fourth-order valence-electron chi connectivity index (χ4n) is 2.44. The number of aryl methyl sites for hydroxylation is 2. The second-order valence-corrected chi connectivity index (χ2v) is 6.75. The van der Waals surface area contributed by atoms with Crippen LogP contribution in [0.2, 0.25) is 0 Å². The lowest BCUT2D eigenvalue weighted by Crippen LogP contribution is -2.02. The molecule has 0 atom stereocenters. The number of rotatable bonds is 8. The van der Waals surface area contributed by atoms with Gasteiger partial charge in [-0.05, 0) is 68.9 Å². The van der Waals surface area contributed by atoms with Crippen molar-refractivity contribution in [1.82, 2.24) is 0 Å². The maximum atomic E-state index is 11.6. The monoisotopic (exact) mass is 352 g/mol. The topological polar surface area (TPSA) is 26.3 Å². The molecule has 0 radical (unpaired) electrons. The molecule has 26 heavy (non-hydrogen) atoms. The van der Waals surface area contributed by atoms with Crippen LogP contribution < -0.4 is 0 Å². The standard InChI is InChI=1S/C24H32O2/c1-7-8-16-26-24(25)17-19(3)11-9-10-18(2)12-15-23-21(5)14-13-20(4)22(23)6/h9-15,17H,7-8,16H2,1-6H3/b11-9+,15-12+,18-10+,19-17+. The van der Waals surface area contributed by atoms with Crippen molar-refractivity contribution in [1.29, 1.82) is 0 Å². The number of hydrogen-bond donors (Lipinski definition) is 0. The van der Waals surface area contributed by atoms with Gasteiger partial charge in [-0.15, -0.1) is 0 Å². The minimum Gasteiger partial charge on any atom is -0.463 e. The van der Waals surface area contributed by atoms with Gasteiger partial charge in [0.2, 0.25) is 0 Å². The van der Waals surface area contributed by atoms with E-state index in [2.05, 4.69) is 58.9 Å². The molecule has 1 aromatic carbocycles. The van der Waals surface area contributed by atoms with Crippen LogP contribution in [0.15, 0.2) is 53.7 Å². The SMILES string of the molecule is CCCCOC(=O)/C=C(C)/C=C/C=C(C)/C=C/c1c(C)ccc(C)c1C. The summed E-state index contributed by atoms with van der Waals surface area (Å²) in [5.41, 5.74) is 7.23. The second-order valence-electron chi connectivity index (χ2n) is 6.75. The highest BCUT2D eigenvalue weighted by Crippen LogP contribution is 2.19. The molecule has 0 bridgehead atoms. The minimum absolute atomic E-state index is 0.272. The van der Waals surface area contributed by atoms with Crippen molar-refractivity contribution in [2.75, 3.05) is 6.61 Å². The number of allylic oxidation sites excluding steroid dienone is 6. The minimum atomic E-state index is -0.272. The number of benzene rings is 1. The van der Waals surface area contributed by atoms with Gasteiger partial charge in [0.15, 0.2) is 0 Å². The summed E-state index contributed by atoms with van der Waals surface area (Å²) in [5.74, 6) is -0.272. The van der Waals surface area contributed by atoms with Gasteiger partial charge in [-0.2, -0.15) is 0 Å².